The van der Waals surface area contributed by atoms with Crippen molar-refractivity contribution in [3.05, 3.63) is 200 Å². The van der Waals surface area contributed by atoms with Gasteiger partial charge in [-0.05, 0) is 101 Å². The number of hydrogen-bond acceptors (Lipinski definition) is 2. The summed E-state index contributed by atoms with van der Waals surface area (Å²) in [4.78, 5) is 4.88. The van der Waals surface area contributed by atoms with Crippen molar-refractivity contribution in [1.82, 2.24) is 14.1 Å². The van der Waals surface area contributed by atoms with Gasteiger partial charge in [-0.15, -0.1) is 11.3 Å². The molecule has 8 aromatic carbocycles. The first-order chi connectivity index (χ1) is 28.2. The van der Waals surface area contributed by atoms with E-state index in [1.54, 1.807) is 0 Å². The average molecular weight is 744 g/mol. The van der Waals surface area contributed by atoms with E-state index in [-0.39, 0.29) is 0 Å². The molecule has 0 fully saturated rings. The van der Waals surface area contributed by atoms with E-state index in [0.29, 0.717) is 0 Å². The Hall–Kier alpha value is -7.27. The molecule has 0 bridgehead atoms. The molecule has 0 amide bonds. The van der Waals surface area contributed by atoms with Crippen molar-refractivity contribution in [1.29, 1.82) is 0 Å². The number of fused-ring (bicyclic) bond motifs is 9. The zero-order valence-electron chi connectivity index (χ0n) is 30.8. The summed E-state index contributed by atoms with van der Waals surface area (Å²) >= 11 is 1.85. The molecular weight excluding hydrogens is 711 g/mol. The lowest BCUT2D eigenvalue weighted by molar-refractivity contribution is 1.14. The van der Waals surface area contributed by atoms with Crippen LogP contribution in [0.15, 0.2) is 200 Å². The maximum atomic E-state index is 4.88. The fourth-order valence-electron chi connectivity index (χ4n) is 8.91. The maximum Gasteiger partial charge on any atom is 0.0651 e. The minimum Gasteiger partial charge on any atom is -0.309 e. The van der Waals surface area contributed by atoms with Crippen molar-refractivity contribution in [2.24, 2.45) is 0 Å². The van der Waals surface area contributed by atoms with Gasteiger partial charge in [-0.2, -0.15) is 0 Å². The average Bonchev–Trinajstić information content (AvgIpc) is 3.93. The van der Waals surface area contributed by atoms with Gasteiger partial charge in [0.25, 0.3) is 0 Å². The number of aromatic nitrogens is 3. The molecule has 12 aromatic rings. The number of thiophene rings is 1. The summed E-state index contributed by atoms with van der Waals surface area (Å²) in [5.41, 5.74) is 14.0. The van der Waals surface area contributed by atoms with Gasteiger partial charge in [0.1, 0.15) is 0 Å². The molecule has 0 N–H and O–H groups in total. The van der Waals surface area contributed by atoms with Crippen LogP contribution in [0, 0.1) is 0 Å². The monoisotopic (exact) mass is 743 g/mol. The molecule has 0 radical (unpaired) electrons. The third-order valence-corrected chi connectivity index (χ3v) is 12.7. The van der Waals surface area contributed by atoms with Gasteiger partial charge in [-0.3, -0.25) is 4.98 Å². The van der Waals surface area contributed by atoms with E-state index in [1.807, 2.05) is 23.7 Å². The second-order valence-electron chi connectivity index (χ2n) is 14.8. The van der Waals surface area contributed by atoms with Crippen LogP contribution in [0.25, 0.3) is 109 Å². The Labute approximate surface area is 333 Å². The molecule has 0 spiro atoms. The lowest BCUT2D eigenvalue weighted by Crippen LogP contribution is -1.96. The first kappa shape index (κ1) is 32.0. The summed E-state index contributed by atoms with van der Waals surface area (Å²) in [6.07, 6.45) is 3.99. The molecule has 4 aromatic heterocycles. The first-order valence-electron chi connectivity index (χ1n) is 19.3. The molecule has 0 aliphatic carbocycles. The van der Waals surface area contributed by atoms with Crippen molar-refractivity contribution >= 4 is 75.1 Å². The first-order valence-corrected chi connectivity index (χ1v) is 20.2. The quantitative estimate of drug-likeness (QED) is 0.172. The minimum atomic E-state index is 1.04. The molecule has 4 heterocycles. The Bertz CT molecular complexity index is 3370. The molecule has 57 heavy (non-hydrogen) atoms. The number of nitrogens with zero attached hydrogens (tertiary/aromatic N) is 3. The number of benzene rings is 8. The fourth-order valence-corrected chi connectivity index (χ4v) is 9.98. The van der Waals surface area contributed by atoms with Gasteiger partial charge in [0.05, 0.1) is 34.0 Å². The van der Waals surface area contributed by atoms with E-state index in [4.69, 9.17) is 4.98 Å². The zero-order chi connectivity index (χ0) is 37.5. The van der Waals surface area contributed by atoms with Gasteiger partial charge in [0.15, 0.2) is 0 Å². The number of hydrogen-bond donors (Lipinski definition) is 0. The zero-order valence-corrected chi connectivity index (χ0v) is 31.6. The second-order valence-corrected chi connectivity index (χ2v) is 15.9. The summed E-state index contributed by atoms with van der Waals surface area (Å²) in [5.74, 6) is 0. The summed E-state index contributed by atoms with van der Waals surface area (Å²) in [7, 11) is 0. The van der Waals surface area contributed by atoms with E-state index in [9.17, 15) is 0 Å². The Morgan fingerprint density at radius 2 is 0.772 bits per heavy atom. The third kappa shape index (κ3) is 5.08. The highest BCUT2D eigenvalue weighted by molar-refractivity contribution is 7.25. The number of pyridine rings is 1. The molecule has 4 heteroatoms. The summed E-state index contributed by atoms with van der Waals surface area (Å²) in [6, 6.07) is 68.5. The van der Waals surface area contributed by atoms with Crippen LogP contribution in [0.5, 0.6) is 0 Å². The van der Waals surface area contributed by atoms with E-state index in [1.165, 1.54) is 80.7 Å². The topological polar surface area (TPSA) is 22.8 Å². The second kappa shape index (κ2) is 12.6. The van der Waals surface area contributed by atoms with Crippen molar-refractivity contribution in [3.63, 3.8) is 0 Å². The Kier molecular flexibility index (Phi) is 7.10. The van der Waals surface area contributed by atoms with Crippen molar-refractivity contribution in [2.45, 2.75) is 0 Å². The SMILES string of the molecule is c1ccc(-c2ccc3c(c2)c2cc(-c4ccccc4)ccc2n3-c2cncc(-c3ccc4sc5ccc(-n6c7ccccc7c7ccccc76)cc5c4c3)c2)cc1. The Morgan fingerprint density at radius 1 is 0.298 bits per heavy atom. The molecule has 12 rings (SSSR count). The highest BCUT2D eigenvalue weighted by atomic mass is 32.1. The number of rotatable bonds is 5. The normalized spacial score (nSPS) is 11.9. The molecule has 0 aliphatic rings. The van der Waals surface area contributed by atoms with Crippen molar-refractivity contribution in [3.8, 4) is 44.8 Å². The molecule has 0 saturated heterocycles. The van der Waals surface area contributed by atoms with Gasteiger partial charge in [-0.1, -0.05) is 115 Å². The van der Waals surface area contributed by atoms with E-state index < -0.39 is 0 Å². The fraction of sp³-hybridized carbons (Fsp3) is 0. The van der Waals surface area contributed by atoms with E-state index in [2.05, 4.69) is 197 Å². The van der Waals surface area contributed by atoms with Crippen LogP contribution in [0.1, 0.15) is 0 Å². The van der Waals surface area contributed by atoms with Crippen LogP contribution in [-0.4, -0.2) is 14.1 Å². The van der Waals surface area contributed by atoms with Crippen molar-refractivity contribution < 1.29 is 0 Å². The van der Waals surface area contributed by atoms with Gasteiger partial charge in [0.2, 0.25) is 0 Å². The molecule has 0 atom stereocenters. The van der Waals surface area contributed by atoms with Crippen LogP contribution >= 0.6 is 11.3 Å². The largest absolute Gasteiger partial charge is 0.309 e. The summed E-state index contributed by atoms with van der Waals surface area (Å²) in [5, 5.41) is 7.52. The third-order valence-electron chi connectivity index (χ3n) is 11.6. The van der Waals surface area contributed by atoms with Crippen LogP contribution in [-0.2, 0) is 0 Å². The lowest BCUT2D eigenvalue weighted by Gasteiger charge is -2.11. The maximum absolute atomic E-state index is 4.88. The van der Waals surface area contributed by atoms with Crippen LogP contribution in [0.2, 0.25) is 0 Å². The van der Waals surface area contributed by atoms with Crippen LogP contribution < -0.4 is 0 Å². The standard InChI is InChI=1S/C53H33N3S/c1-3-11-34(12-4-1)36-19-23-50-44(28-36)45-29-37(35-13-5-2-6-14-35)20-24-51(45)56(50)41-27-39(32-54-33-41)38-21-25-52-46(30-38)47-31-40(22-26-53(47)57-52)55-48-17-9-7-15-42(48)43-16-8-10-18-49(43)55/h1-33H. The predicted octanol–water partition coefficient (Wildman–Crippen LogP) is 14.6. The molecule has 0 aliphatic heterocycles. The molecule has 266 valence electrons. The predicted molar refractivity (Wildman–Crippen MR) is 242 cm³/mol. The minimum absolute atomic E-state index is 1.04. The highest BCUT2D eigenvalue weighted by Crippen LogP contribution is 2.41. The Balaban J connectivity index is 1.01. The summed E-state index contributed by atoms with van der Waals surface area (Å²) in [6.45, 7) is 0. The van der Waals surface area contributed by atoms with E-state index in [0.717, 1.165) is 27.8 Å². The number of para-hydroxylation sites is 2. The Morgan fingerprint density at radius 3 is 1.40 bits per heavy atom. The van der Waals surface area contributed by atoms with Gasteiger partial charge < -0.3 is 9.13 Å². The molecule has 0 unspecified atom stereocenters. The summed E-state index contributed by atoms with van der Waals surface area (Å²) < 4.78 is 7.35. The van der Waals surface area contributed by atoms with Gasteiger partial charge in [-0.25, -0.2) is 0 Å². The molecule has 3 nitrogen and oxygen atoms in total. The van der Waals surface area contributed by atoms with Crippen LogP contribution in [0.4, 0.5) is 0 Å². The molecule has 0 saturated carbocycles. The smallest absolute Gasteiger partial charge is 0.0651 e. The van der Waals surface area contributed by atoms with Crippen LogP contribution in [0.3, 0.4) is 0 Å². The van der Waals surface area contributed by atoms with Crippen molar-refractivity contribution in [2.75, 3.05) is 0 Å². The van der Waals surface area contributed by atoms with Gasteiger partial charge in [0, 0.05) is 59.2 Å². The van der Waals surface area contributed by atoms with Gasteiger partial charge >= 0.3 is 0 Å². The molecular formula is C53H33N3S. The lowest BCUT2D eigenvalue weighted by atomic mass is 10.0. The van der Waals surface area contributed by atoms with E-state index >= 15 is 0 Å². The highest BCUT2D eigenvalue weighted by Gasteiger charge is 2.17.